The van der Waals surface area contributed by atoms with Gasteiger partial charge in [0.1, 0.15) is 11.4 Å². The molecule has 2 amide bonds. The smallest absolute Gasteiger partial charge is 0.410 e. The Hall–Kier alpha value is -3.09. The number of pyridine rings is 1. The average Bonchev–Trinajstić information content (AvgIpc) is 3.28. The first-order chi connectivity index (χ1) is 15.3. The van der Waals surface area contributed by atoms with E-state index < -0.39 is 5.60 Å². The maximum absolute atomic E-state index is 13.0. The third-order valence-corrected chi connectivity index (χ3v) is 5.95. The molecule has 2 aromatic rings. The molecule has 3 heterocycles. The first kappa shape index (κ1) is 22.1. The van der Waals surface area contributed by atoms with Crippen LogP contribution in [0.2, 0.25) is 0 Å². The van der Waals surface area contributed by atoms with Crippen molar-refractivity contribution >= 4 is 17.8 Å². The van der Waals surface area contributed by atoms with Crippen LogP contribution in [0.4, 0.5) is 10.6 Å². The predicted molar refractivity (Wildman–Crippen MR) is 124 cm³/mol. The van der Waals surface area contributed by atoms with Crippen LogP contribution in [-0.2, 0) is 4.74 Å². The highest BCUT2D eigenvalue weighted by molar-refractivity contribution is 5.94. The fraction of sp³-hybridized carbons (Fsp3) is 0.480. The minimum atomic E-state index is -0.485. The van der Waals surface area contributed by atoms with Gasteiger partial charge in [0.25, 0.3) is 5.91 Å². The van der Waals surface area contributed by atoms with Crippen molar-refractivity contribution in [1.29, 1.82) is 0 Å². The molecule has 0 N–H and O–H groups in total. The van der Waals surface area contributed by atoms with E-state index in [1.807, 2.05) is 68.3 Å². The molecule has 2 saturated heterocycles. The lowest BCUT2D eigenvalue weighted by Gasteiger charge is -2.36. The van der Waals surface area contributed by atoms with E-state index in [1.54, 1.807) is 4.90 Å². The van der Waals surface area contributed by atoms with Crippen molar-refractivity contribution in [2.45, 2.75) is 45.3 Å². The van der Waals surface area contributed by atoms with Crippen LogP contribution in [0.1, 0.15) is 55.6 Å². The third-order valence-electron chi connectivity index (χ3n) is 5.95. The van der Waals surface area contributed by atoms with Gasteiger partial charge in [-0.05, 0) is 57.4 Å². The number of rotatable bonds is 3. The van der Waals surface area contributed by atoms with E-state index >= 15 is 0 Å². The molecule has 0 bridgehead atoms. The number of carbonyl (C=O) groups is 2. The maximum Gasteiger partial charge on any atom is 0.410 e. The highest BCUT2D eigenvalue weighted by Gasteiger charge is 2.31. The molecule has 32 heavy (non-hydrogen) atoms. The fourth-order valence-electron chi connectivity index (χ4n) is 4.33. The van der Waals surface area contributed by atoms with Gasteiger partial charge in [0.15, 0.2) is 0 Å². The summed E-state index contributed by atoms with van der Waals surface area (Å²) in [5, 5.41) is 0. The number of nitrogens with zero attached hydrogens (tertiary/aromatic N) is 4. The normalized spacial score (nSPS) is 19.2. The van der Waals surface area contributed by atoms with Crippen LogP contribution < -0.4 is 4.90 Å². The van der Waals surface area contributed by atoms with Crippen LogP contribution in [0.3, 0.4) is 0 Å². The van der Waals surface area contributed by atoms with Gasteiger partial charge in [-0.3, -0.25) is 4.79 Å². The van der Waals surface area contributed by atoms with E-state index in [9.17, 15) is 9.59 Å². The van der Waals surface area contributed by atoms with Gasteiger partial charge in [-0.15, -0.1) is 0 Å². The summed E-state index contributed by atoms with van der Waals surface area (Å²) in [6.45, 7) is 9.07. The summed E-state index contributed by atoms with van der Waals surface area (Å²) in [6.07, 6.45) is 3.59. The molecule has 0 saturated carbocycles. The van der Waals surface area contributed by atoms with Crippen molar-refractivity contribution in [3.63, 3.8) is 0 Å². The Kier molecular flexibility index (Phi) is 6.35. The Morgan fingerprint density at radius 1 is 0.969 bits per heavy atom. The number of benzene rings is 1. The highest BCUT2D eigenvalue weighted by atomic mass is 16.6. The molecule has 0 spiro atoms. The Labute approximate surface area is 190 Å². The predicted octanol–water partition coefficient (Wildman–Crippen LogP) is 4.12. The molecule has 0 unspecified atom stereocenters. The number of hydrogen-bond acceptors (Lipinski definition) is 5. The molecule has 7 heteroatoms. The van der Waals surface area contributed by atoms with Crippen molar-refractivity contribution in [3.05, 3.63) is 59.8 Å². The van der Waals surface area contributed by atoms with Crippen LogP contribution >= 0.6 is 0 Å². The molecule has 0 aliphatic carbocycles. The monoisotopic (exact) mass is 436 g/mol. The lowest BCUT2D eigenvalue weighted by molar-refractivity contribution is 0.0240. The van der Waals surface area contributed by atoms with E-state index in [-0.39, 0.29) is 18.0 Å². The number of piperazine rings is 1. The number of anilines is 1. The molecule has 170 valence electrons. The summed E-state index contributed by atoms with van der Waals surface area (Å²) in [6, 6.07) is 13.6. The van der Waals surface area contributed by atoms with Crippen LogP contribution in [0.15, 0.2) is 48.7 Å². The second-order valence-electron chi connectivity index (χ2n) is 9.43. The van der Waals surface area contributed by atoms with Gasteiger partial charge < -0.3 is 19.4 Å². The molecule has 2 aliphatic heterocycles. The molecule has 2 fully saturated rings. The van der Waals surface area contributed by atoms with Crippen molar-refractivity contribution in [2.24, 2.45) is 0 Å². The molecule has 7 nitrogen and oxygen atoms in total. The summed E-state index contributed by atoms with van der Waals surface area (Å²) in [7, 11) is 0. The zero-order valence-corrected chi connectivity index (χ0v) is 19.2. The zero-order valence-electron chi connectivity index (χ0n) is 19.2. The van der Waals surface area contributed by atoms with Gasteiger partial charge in [-0.25, -0.2) is 9.78 Å². The standard InChI is InChI=1S/C25H32N4O3/c1-25(2,3)32-24(31)28-16-14-27(15-17-28)22-12-11-20(18-26-22)21-10-7-13-29(21)23(30)19-8-5-4-6-9-19/h4-6,8-9,11-12,18,21H,7,10,13-17H2,1-3H3/t21-/m1/s1. The Bertz CT molecular complexity index is 932. The number of likely N-dealkylation sites (tertiary alicyclic amines) is 1. The summed E-state index contributed by atoms with van der Waals surface area (Å²) < 4.78 is 5.47. The second kappa shape index (κ2) is 9.18. The van der Waals surface area contributed by atoms with Gasteiger partial charge in [0, 0.05) is 44.5 Å². The van der Waals surface area contributed by atoms with Crippen LogP contribution in [0.25, 0.3) is 0 Å². The first-order valence-corrected chi connectivity index (χ1v) is 11.4. The Balaban J connectivity index is 1.37. The summed E-state index contributed by atoms with van der Waals surface area (Å²) in [5.74, 6) is 0.979. The molecule has 2 aliphatic rings. The van der Waals surface area contributed by atoms with E-state index in [4.69, 9.17) is 9.72 Å². The Morgan fingerprint density at radius 3 is 2.31 bits per heavy atom. The quantitative estimate of drug-likeness (QED) is 0.724. The second-order valence-corrected chi connectivity index (χ2v) is 9.43. The van der Waals surface area contributed by atoms with Crippen LogP contribution in [0, 0.1) is 0 Å². The van der Waals surface area contributed by atoms with Gasteiger partial charge in [0.05, 0.1) is 6.04 Å². The van der Waals surface area contributed by atoms with Crippen molar-refractivity contribution in [3.8, 4) is 0 Å². The Morgan fingerprint density at radius 2 is 1.69 bits per heavy atom. The van der Waals surface area contributed by atoms with Gasteiger partial charge in [0.2, 0.25) is 0 Å². The number of ether oxygens (including phenoxy) is 1. The molecular formula is C25H32N4O3. The lowest BCUT2D eigenvalue weighted by atomic mass is 10.1. The molecule has 1 aromatic heterocycles. The SMILES string of the molecule is CC(C)(C)OC(=O)N1CCN(c2ccc([C@H]3CCCN3C(=O)c3ccccc3)cn2)CC1. The van der Waals surface area contributed by atoms with Crippen LogP contribution in [0.5, 0.6) is 0 Å². The molecule has 1 atom stereocenters. The van der Waals surface area contributed by atoms with Crippen molar-refractivity contribution < 1.29 is 14.3 Å². The topological polar surface area (TPSA) is 66.0 Å². The molecular weight excluding hydrogens is 404 g/mol. The molecule has 1 aromatic carbocycles. The summed E-state index contributed by atoms with van der Waals surface area (Å²) in [5.41, 5.74) is 1.32. The van der Waals surface area contributed by atoms with Gasteiger partial charge in [-0.2, -0.15) is 0 Å². The van der Waals surface area contributed by atoms with Crippen LogP contribution in [-0.4, -0.2) is 65.1 Å². The molecule has 4 rings (SSSR count). The van der Waals surface area contributed by atoms with E-state index in [0.29, 0.717) is 26.2 Å². The number of amides is 2. The number of carbonyl (C=O) groups excluding carboxylic acids is 2. The lowest BCUT2D eigenvalue weighted by Crippen LogP contribution is -2.50. The van der Waals surface area contributed by atoms with E-state index in [1.165, 1.54) is 0 Å². The largest absolute Gasteiger partial charge is 0.444 e. The molecule has 0 radical (unpaired) electrons. The van der Waals surface area contributed by atoms with Crippen molar-refractivity contribution in [1.82, 2.24) is 14.8 Å². The average molecular weight is 437 g/mol. The fourth-order valence-corrected chi connectivity index (χ4v) is 4.33. The summed E-state index contributed by atoms with van der Waals surface area (Å²) >= 11 is 0. The van der Waals surface area contributed by atoms with Gasteiger partial charge in [-0.1, -0.05) is 24.3 Å². The highest BCUT2D eigenvalue weighted by Crippen LogP contribution is 2.33. The third kappa shape index (κ3) is 5.03. The minimum absolute atomic E-state index is 0.0632. The maximum atomic E-state index is 13.0. The minimum Gasteiger partial charge on any atom is -0.444 e. The number of hydrogen-bond donors (Lipinski definition) is 0. The van der Waals surface area contributed by atoms with Gasteiger partial charge >= 0.3 is 6.09 Å². The summed E-state index contributed by atoms with van der Waals surface area (Å²) in [4.78, 5) is 35.8. The number of aromatic nitrogens is 1. The van der Waals surface area contributed by atoms with E-state index in [0.717, 1.165) is 36.3 Å². The van der Waals surface area contributed by atoms with Crippen molar-refractivity contribution in [2.75, 3.05) is 37.6 Å². The zero-order chi connectivity index (χ0) is 22.7. The van der Waals surface area contributed by atoms with E-state index in [2.05, 4.69) is 11.0 Å². The first-order valence-electron chi connectivity index (χ1n) is 11.4.